The molecule has 1 aromatic carbocycles. The minimum Gasteiger partial charge on any atom is -0.294 e. The van der Waals surface area contributed by atoms with E-state index in [9.17, 15) is 4.79 Å². The number of aryl methyl sites for hydroxylation is 1. The van der Waals surface area contributed by atoms with E-state index in [0.29, 0.717) is 5.92 Å². The lowest BCUT2D eigenvalue weighted by molar-refractivity contribution is 0.744. The normalized spacial score (nSPS) is 11.2. The van der Waals surface area contributed by atoms with Crippen LogP contribution in [0.5, 0.6) is 0 Å². The van der Waals surface area contributed by atoms with Gasteiger partial charge in [0.25, 0.3) is 5.56 Å². The van der Waals surface area contributed by atoms with E-state index in [4.69, 9.17) is 0 Å². The molecule has 0 aliphatic heterocycles. The van der Waals surface area contributed by atoms with E-state index in [2.05, 4.69) is 25.9 Å². The predicted molar refractivity (Wildman–Crippen MR) is 83.8 cm³/mol. The van der Waals surface area contributed by atoms with Crippen molar-refractivity contribution in [2.45, 2.75) is 52.9 Å². The molecule has 20 heavy (non-hydrogen) atoms. The average Bonchev–Trinajstić information content (AvgIpc) is 2.74. The molecule has 0 unspecified atom stereocenters. The van der Waals surface area contributed by atoms with Crippen molar-refractivity contribution in [3.8, 4) is 5.69 Å². The predicted octanol–water partition coefficient (Wildman–Crippen LogP) is 3.94. The minimum atomic E-state index is 0.104. The van der Waals surface area contributed by atoms with Gasteiger partial charge >= 0.3 is 0 Å². The molecule has 3 heteroatoms. The fourth-order valence-electron chi connectivity index (χ4n) is 2.51. The van der Waals surface area contributed by atoms with Crippen LogP contribution >= 0.6 is 0 Å². The smallest absolute Gasteiger partial charge is 0.274 e. The molecule has 0 amide bonds. The first kappa shape index (κ1) is 14.6. The summed E-state index contributed by atoms with van der Waals surface area (Å²) in [5.41, 5.74) is 4.20. The second-order valence-corrected chi connectivity index (χ2v) is 5.74. The molecule has 1 N–H and O–H groups in total. The number of aromatic amines is 1. The fraction of sp³-hybridized carbons (Fsp3) is 0.471. The highest BCUT2D eigenvalue weighted by Crippen LogP contribution is 2.18. The third kappa shape index (κ3) is 2.87. The number of hydrogen-bond acceptors (Lipinski definition) is 1. The molecule has 2 rings (SSSR count). The standard InChI is InChI=1S/C17H24N2O/c1-5-6-10-15-16(12(2)3)18-19(17(15)20)14-9-7-8-13(4)11-14/h7-9,11-12,18H,5-6,10H2,1-4H3. The number of hydrogen-bond donors (Lipinski definition) is 1. The van der Waals surface area contributed by atoms with Crippen LogP contribution < -0.4 is 5.56 Å². The Balaban J connectivity index is 2.52. The third-order valence-corrected chi connectivity index (χ3v) is 3.64. The second-order valence-electron chi connectivity index (χ2n) is 5.74. The molecule has 0 aliphatic carbocycles. The molecule has 3 nitrogen and oxygen atoms in total. The summed E-state index contributed by atoms with van der Waals surface area (Å²) in [4.78, 5) is 12.6. The number of unbranched alkanes of at least 4 members (excludes halogenated alkanes) is 1. The van der Waals surface area contributed by atoms with Gasteiger partial charge in [-0.25, -0.2) is 4.68 Å². The Morgan fingerprint density at radius 3 is 2.65 bits per heavy atom. The Hall–Kier alpha value is -1.77. The maximum absolute atomic E-state index is 12.6. The second kappa shape index (κ2) is 6.12. The van der Waals surface area contributed by atoms with E-state index in [1.807, 2.05) is 31.2 Å². The lowest BCUT2D eigenvalue weighted by Crippen LogP contribution is -2.17. The van der Waals surface area contributed by atoms with Gasteiger partial charge in [-0.1, -0.05) is 39.3 Å². The van der Waals surface area contributed by atoms with Crippen LogP contribution in [0, 0.1) is 6.92 Å². The Morgan fingerprint density at radius 1 is 1.30 bits per heavy atom. The molecular weight excluding hydrogens is 248 g/mol. The highest BCUT2D eigenvalue weighted by Gasteiger charge is 2.16. The van der Waals surface area contributed by atoms with E-state index in [0.717, 1.165) is 41.8 Å². The quantitative estimate of drug-likeness (QED) is 0.879. The van der Waals surface area contributed by atoms with Gasteiger partial charge in [-0.2, -0.15) is 0 Å². The molecule has 1 heterocycles. The Labute approximate surface area is 120 Å². The van der Waals surface area contributed by atoms with Crippen molar-refractivity contribution in [1.82, 2.24) is 9.78 Å². The molecule has 0 radical (unpaired) electrons. The summed E-state index contributed by atoms with van der Waals surface area (Å²) in [6.45, 7) is 8.45. The SMILES string of the molecule is CCCCc1c(C(C)C)[nH]n(-c2cccc(C)c2)c1=O. The van der Waals surface area contributed by atoms with Crippen LogP contribution in [0.15, 0.2) is 29.1 Å². The highest BCUT2D eigenvalue weighted by atomic mass is 16.1. The van der Waals surface area contributed by atoms with Gasteiger partial charge in [0.15, 0.2) is 0 Å². The number of aromatic nitrogens is 2. The molecule has 0 aliphatic rings. The first-order chi connectivity index (χ1) is 9.54. The minimum absolute atomic E-state index is 0.104. The zero-order valence-electron chi connectivity index (χ0n) is 12.9. The topological polar surface area (TPSA) is 37.8 Å². The number of benzene rings is 1. The first-order valence-corrected chi connectivity index (χ1v) is 7.45. The van der Waals surface area contributed by atoms with Crippen molar-refractivity contribution in [3.05, 3.63) is 51.4 Å². The van der Waals surface area contributed by atoms with E-state index >= 15 is 0 Å². The van der Waals surface area contributed by atoms with Gasteiger partial charge in [-0.3, -0.25) is 9.89 Å². The lowest BCUT2D eigenvalue weighted by Gasteiger charge is -2.05. The molecule has 0 saturated heterocycles. The lowest BCUT2D eigenvalue weighted by atomic mass is 10.0. The van der Waals surface area contributed by atoms with Crippen LogP contribution in [0.2, 0.25) is 0 Å². The molecule has 1 aromatic heterocycles. The van der Waals surface area contributed by atoms with Crippen LogP contribution in [0.4, 0.5) is 0 Å². The van der Waals surface area contributed by atoms with Crippen LogP contribution in [0.3, 0.4) is 0 Å². The summed E-state index contributed by atoms with van der Waals surface area (Å²) < 4.78 is 1.69. The van der Waals surface area contributed by atoms with E-state index in [1.165, 1.54) is 0 Å². The molecule has 0 spiro atoms. The van der Waals surface area contributed by atoms with Gasteiger partial charge in [-0.05, 0) is 43.4 Å². The monoisotopic (exact) mass is 272 g/mol. The number of rotatable bonds is 5. The zero-order valence-corrected chi connectivity index (χ0v) is 12.9. The molecule has 0 saturated carbocycles. The number of H-pyrrole nitrogens is 1. The van der Waals surface area contributed by atoms with Gasteiger partial charge in [0, 0.05) is 11.3 Å². The highest BCUT2D eigenvalue weighted by molar-refractivity contribution is 5.36. The average molecular weight is 272 g/mol. The summed E-state index contributed by atoms with van der Waals surface area (Å²) in [5.74, 6) is 0.334. The van der Waals surface area contributed by atoms with E-state index in [1.54, 1.807) is 4.68 Å². The van der Waals surface area contributed by atoms with Gasteiger partial charge in [-0.15, -0.1) is 0 Å². The third-order valence-electron chi connectivity index (χ3n) is 3.64. The van der Waals surface area contributed by atoms with Crippen molar-refractivity contribution >= 4 is 0 Å². The number of nitrogens with zero attached hydrogens (tertiary/aromatic N) is 1. The van der Waals surface area contributed by atoms with Crippen LogP contribution in [0.1, 0.15) is 56.4 Å². The largest absolute Gasteiger partial charge is 0.294 e. The summed E-state index contributed by atoms with van der Waals surface area (Å²) in [6.07, 6.45) is 3.02. The van der Waals surface area contributed by atoms with Crippen molar-refractivity contribution in [3.63, 3.8) is 0 Å². The Kier molecular flexibility index (Phi) is 4.48. The van der Waals surface area contributed by atoms with Crippen molar-refractivity contribution in [2.75, 3.05) is 0 Å². The maximum atomic E-state index is 12.6. The molecular formula is C17H24N2O. The Bertz CT molecular complexity index is 635. The van der Waals surface area contributed by atoms with Gasteiger partial charge < -0.3 is 0 Å². The Morgan fingerprint density at radius 2 is 2.05 bits per heavy atom. The van der Waals surface area contributed by atoms with Crippen LogP contribution in [-0.2, 0) is 6.42 Å². The van der Waals surface area contributed by atoms with E-state index in [-0.39, 0.29) is 5.56 Å². The molecule has 108 valence electrons. The molecule has 0 fully saturated rings. The van der Waals surface area contributed by atoms with Gasteiger partial charge in [0.05, 0.1) is 5.69 Å². The van der Waals surface area contributed by atoms with Crippen LogP contribution in [0.25, 0.3) is 5.69 Å². The van der Waals surface area contributed by atoms with Gasteiger partial charge in [0.2, 0.25) is 0 Å². The van der Waals surface area contributed by atoms with Crippen molar-refractivity contribution < 1.29 is 0 Å². The van der Waals surface area contributed by atoms with Crippen molar-refractivity contribution in [2.24, 2.45) is 0 Å². The summed E-state index contributed by atoms with van der Waals surface area (Å²) in [7, 11) is 0. The summed E-state index contributed by atoms with van der Waals surface area (Å²) in [6, 6.07) is 8.03. The molecule has 0 atom stereocenters. The van der Waals surface area contributed by atoms with Crippen molar-refractivity contribution in [1.29, 1.82) is 0 Å². The molecule has 0 bridgehead atoms. The fourth-order valence-corrected chi connectivity index (χ4v) is 2.51. The summed E-state index contributed by atoms with van der Waals surface area (Å²) >= 11 is 0. The van der Waals surface area contributed by atoms with Gasteiger partial charge in [0.1, 0.15) is 0 Å². The maximum Gasteiger partial charge on any atom is 0.274 e. The molecule has 2 aromatic rings. The number of nitrogens with one attached hydrogen (secondary N) is 1. The zero-order chi connectivity index (χ0) is 14.7. The first-order valence-electron chi connectivity index (χ1n) is 7.45. The van der Waals surface area contributed by atoms with E-state index < -0.39 is 0 Å². The van der Waals surface area contributed by atoms with Crippen LogP contribution in [-0.4, -0.2) is 9.78 Å². The summed E-state index contributed by atoms with van der Waals surface area (Å²) in [5, 5.41) is 3.31.